The van der Waals surface area contributed by atoms with Gasteiger partial charge in [0.05, 0.1) is 11.1 Å². The van der Waals surface area contributed by atoms with Crippen molar-refractivity contribution in [1.82, 2.24) is 9.78 Å². The standard InChI is InChI=1S/C14H19N3O3S/c1-10(15)14(11-8-16-17(2)9-11)20-12-4-6-13(7-5-12)21(3,18)19/h4-10,14H,15H2,1-3H3. The van der Waals surface area contributed by atoms with Gasteiger partial charge < -0.3 is 10.5 Å². The number of hydrogen-bond acceptors (Lipinski definition) is 5. The number of ether oxygens (including phenoxy) is 1. The summed E-state index contributed by atoms with van der Waals surface area (Å²) in [6, 6.07) is 6.06. The minimum absolute atomic E-state index is 0.233. The highest BCUT2D eigenvalue weighted by Crippen LogP contribution is 2.25. The molecule has 6 nitrogen and oxygen atoms in total. The molecule has 7 heteroatoms. The number of sulfone groups is 1. The lowest BCUT2D eigenvalue weighted by atomic mass is 10.1. The van der Waals surface area contributed by atoms with Crippen LogP contribution in [0.25, 0.3) is 0 Å². The molecule has 2 aromatic rings. The van der Waals surface area contributed by atoms with Gasteiger partial charge in [-0.15, -0.1) is 0 Å². The summed E-state index contributed by atoms with van der Waals surface area (Å²) in [4.78, 5) is 0.258. The van der Waals surface area contributed by atoms with Crippen molar-refractivity contribution in [2.24, 2.45) is 12.8 Å². The van der Waals surface area contributed by atoms with E-state index in [1.54, 1.807) is 23.0 Å². The van der Waals surface area contributed by atoms with Crippen molar-refractivity contribution in [3.05, 3.63) is 42.2 Å². The molecule has 2 rings (SSSR count). The molecule has 2 unspecified atom stereocenters. The zero-order valence-corrected chi connectivity index (χ0v) is 13.0. The fourth-order valence-electron chi connectivity index (χ4n) is 1.98. The molecule has 0 fully saturated rings. The summed E-state index contributed by atoms with van der Waals surface area (Å²) in [7, 11) is -1.38. The number of benzene rings is 1. The SMILES string of the molecule is CC(N)C(Oc1ccc(S(C)(=O)=O)cc1)c1cnn(C)c1. The van der Waals surface area contributed by atoms with Crippen LogP contribution in [0.1, 0.15) is 18.6 Å². The third-order valence-electron chi connectivity index (χ3n) is 3.05. The van der Waals surface area contributed by atoms with Gasteiger partial charge in [-0.05, 0) is 31.2 Å². The first-order chi connectivity index (χ1) is 9.77. The van der Waals surface area contributed by atoms with E-state index in [-0.39, 0.29) is 17.0 Å². The summed E-state index contributed by atoms with van der Waals surface area (Å²) in [6.07, 6.45) is 4.38. The Morgan fingerprint density at radius 1 is 1.29 bits per heavy atom. The maximum atomic E-state index is 11.4. The van der Waals surface area contributed by atoms with Crippen LogP contribution in [0.3, 0.4) is 0 Å². The largest absolute Gasteiger partial charge is 0.484 e. The Hall–Kier alpha value is -1.86. The van der Waals surface area contributed by atoms with Gasteiger partial charge in [-0.1, -0.05) is 0 Å². The summed E-state index contributed by atoms with van der Waals surface area (Å²) in [6.45, 7) is 1.85. The minimum atomic E-state index is -3.21. The molecule has 0 saturated heterocycles. The van der Waals surface area contributed by atoms with Crippen molar-refractivity contribution in [2.75, 3.05) is 6.26 Å². The van der Waals surface area contributed by atoms with E-state index >= 15 is 0 Å². The third-order valence-corrected chi connectivity index (χ3v) is 4.17. The highest BCUT2D eigenvalue weighted by Gasteiger charge is 2.20. The predicted octanol–water partition coefficient (Wildman–Crippen LogP) is 1.29. The summed E-state index contributed by atoms with van der Waals surface area (Å²) in [5.74, 6) is 0.563. The molecule has 21 heavy (non-hydrogen) atoms. The van der Waals surface area contributed by atoms with Crippen LogP contribution in [0.2, 0.25) is 0 Å². The third kappa shape index (κ3) is 3.83. The molecule has 2 atom stereocenters. The van der Waals surface area contributed by atoms with Crippen molar-refractivity contribution < 1.29 is 13.2 Å². The van der Waals surface area contributed by atoms with Gasteiger partial charge in [0.15, 0.2) is 9.84 Å². The molecule has 0 saturated carbocycles. The second kappa shape index (κ2) is 5.87. The molecule has 2 N–H and O–H groups in total. The molecule has 1 aromatic heterocycles. The first-order valence-corrected chi connectivity index (χ1v) is 8.37. The Morgan fingerprint density at radius 2 is 1.90 bits per heavy atom. The fraction of sp³-hybridized carbons (Fsp3) is 0.357. The van der Waals surface area contributed by atoms with E-state index in [1.165, 1.54) is 18.4 Å². The summed E-state index contributed by atoms with van der Waals surface area (Å²) in [5, 5.41) is 4.11. The lowest BCUT2D eigenvalue weighted by Crippen LogP contribution is -2.28. The van der Waals surface area contributed by atoms with Crippen LogP contribution in [0.5, 0.6) is 5.75 Å². The average molecular weight is 309 g/mol. The van der Waals surface area contributed by atoms with E-state index in [0.717, 1.165) is 5.56 Å². The van der Waals surface area contributed by atoms with Gasteiger partial charge >= 0.3 is 0 Å². The molecule has 0 amide bonds. The van der Waals surface area contributed by atoms with Gasteiger partial charge in [-0.25, -0.2) is 8.42 Å². The van der Waals surface area contributed by atoms with Crippen LogP contribution in [0, 0.1) is 0 Å². The van der Waals surface area contributed by atoms with E-state index < -0.39 is 9.84 Å². The van der Waals surface area contributed by atoms with Crippen molar-refractivity contribution in [3.8, 4) is 5.75 Å². The van der Waals surface area contributed by atoms with Gasteiger partial charge in [-0.2, -0.15) is 5.10 Å². The Balaban J connectivity index is 2.22. The zero-order chi connectivity index (χ0) is 15.6. The van der Waals surface area contributed by atoms with Crippen LogP contribution >= 0.6 is 0 Å². The van der Waals surface area contributed by atoms with Crippen LogP contribution in [-0.2, 0) is 16.9 Å². The number of hydrogen-bond donors (Lipinski definition) is 1. The quantitative estimate of drug-likeness (QED) is 0.899. The number of rotatable bonds is 5. The van der Waals surface area contributed by atoms with Gasteiger partial charge in [0.25, 0.3) is 0 Å². The van der Waals surface area contributed by atoms with E-state index in [9.17, 15) is 8.42 Å². The first kappa shape index (κ1) is 15.5. The lowest BCUT2D eigenvalue weighted by Gasteiger charge is -2.21. The molecule has 1 aromatic carbocycles. The number of aryl methyl sites for hydroxylation is 1. The fourth-order valence-corrected chi connectivity index (χ4v) is 2.61. The Bertz CT molecular complexity index is 705. The van der Waals surface area contributed by atoms with Crippen molar-refractivity contribution in [2.45, 2.75) is 24.0 Å². The second-order valence-electron chi connectivity index (χ2n) is 5.09. The van der Waals surface area contributed by atoms with Crippen LogP contribution in [0.4, 0.5) is 0 Å². The maximum absolute atomic E-state index is 11.4. The molecule has 1 heterocycles. The number of nitrogens with zero attached hydrogens (tertiary/aromatic N) is 2. The van der Waals surface area contributed by atoms with Crippen LogP contribution in [-0.4, -0.2) is 30.5 Å². The van der Waals surface area contributed by atoms with Crippen LogP contribution < -0.4 is 10.5 Å². The van der Waals surface area contributed by atoms with Gasteiger partial charge in [0.1, 0.15) is 11.9 Å². The van der Waals surface area contributed by atoms with Crippen molar-refractivity contribution in [3.63, 3.8) is 0 Å². The molecular formula is C14H19N3O3S. The summed E-state index contributed by atoms with van der Waals surface area (Å²) >= 11 is 0. The van der Waals surface area contributed by atoms with Crippen LogP contribution in [0.15, 0.2) is 41.6 Å². The first-order valence-electron chi connectivity index (χ1n) is 6.48. The topological polar surface area (TPSA) is 87.2 Å². The van der Waals surface area contributed by atoms with E-state index in [2.05, 4.69) is 5.10 Å². The monoisotopic (exact) mass is 309 g/mol. The Labute approximate surface area is 124 Å². The molecule has 0 radical (unpaired) electrons. The van der Waals surface area contributed by atoms with E-state index in [0.29, 0.717) is 5.75 Å². The van der Waals surface area contributed by atoms with Crippen molar-refractivity contribution in [1.29, 1.82) is 0 Å². The molecule has 0 bridgehead atoms. The Kier molecular flexibility index (Phi) is 4.34. The molecule has 0 aliphatic carbocycles. The lowest BCUT2D eigenvalue weighted by molar-refractivity contribution is 0.180. The Morgan fingerprint density at radius 3 is 2.33 bits per heavy atom. The maximum Gasteiger partial charge on any atom is 0.175 e. The van der Waals surface area contributed by atoms with Gasteiger partial charge in [-0.3, -0.25) is 4.68 Å². The molecule has 114 valence electrons. The summed E-state index contributed by atoms with van der Waals surface area (Å²) in [5.41, 5.74) is 6.84. The minimum Gasteiger partial charge on any atom is -0.484 e. The van der Waals surface area contributed by atoms with Gasteiger partial charge in [0, 0.05) is 31.1 Å². The average Bonchev–Trinajstić information content (AvgIpc) is 2.81. The number of nitrogens with two attached hydrogens (primary N) is 1. The molecule has 0 aliphatic heterocycles. The summed E-state index contributed by atoms with van der Waals surface area (Å²) < 4.78 is 30.4. The second-order valence-corrected chi connectivity index (χ2v) is 7.10. The van der Waals surface area contributed by atoms with E-state index in [4.69, 9.17) is 10.5 Å². The zero-order valence-electron chi connectivity index (χ0n) is 12.2. The highest BCUT2D eigenvalue weighted by molar-refractivity contribution is 7.90. The molecule has 0 aliphatic rings. The highest BCUT2D eigenvalue weighted by atomic mass is 32.2. The molecule has 0 spiro atoms. The normalized spacial score (nSPS) is 14.7. The molecular weight excluding hydrogens is 290 g/mol. The van der Waals surface area contributed by atoms with Gasteiger partial charge in [0.2, 0.25) is 0 Å². The number of aromatic nitrogens is 2. The smallest absolute Gasteiger partial charge is 0.175 e. The van der Waals surface area contributed by atoms with Crippen molar-refractivity contribution >= 4 is 9.84 Å². The predicted molar refractivity (Wildman–Crippen MR) is 79.8 cm³/mol. The van der Waals surface area contributed by atoms with E-state index in [1.807, 2.05) is 20.2 Å².